The number of pyridine rings is 2. The van der Waals surface area contributed by atoms with Crippen LogP contribution in [-0.4, -0.2) is 39.7 Å². The zero-order chi connectivity index (χ0) is 22.2. The number of nitrogen functional groups attached to an aromatic ring is 1. The van der Waals surface area contributed by atoms with Gasteiger partial charge in [-0.1, -0.05) is 6.07 Å². The average molecular weight is 436 g/mol. The molecule has 0 atom stereocenters. The fourth-order valence-corrected chi connectivity index (χ4v) is 3.98. The third-order valence-electron chi connectivity index (χ3n) is 4.78. The molecule has 0 spiro atoms. The summed E-state index contributed by atoms with van der Waals surface area (Å²) in [6.07, 6.45) is 4.56. The number of fused-ring (bicyclic) bond motifs is 1. The van der Waals surface area contributed by atoms with E-state index in [1.165, 1.54) is 18.3 Å². The molecule has 4 N–H and O–H groups in total. The van der Waals surface area contributed by atoms with Gasteiger partial charge in [-0.25, -0.2) is 13.4 Å². The van der Waals surface area contributed by atoms with Gasteiger partial charge in [-0.2, -0.15) is 5.10 Å². The summed E-state index contributed by atoms with van der Waals surface area (Å²) < 4.78 is 24.4. The van der Waals surface area contributed by atoms with Crippen molar-refractivity contribution in [1.82, 2.24) is 20.2 Å². The Morgan fingerprint density at radius 2 is 1.87 bits per heavy atom. The third-order valence-corrected chi connectivity index (χ3v) is 6.84. The molecule has 4 aromatic rings. The molecule has 0 bridgehead atoms. The van der Waals surface area contributed by atoms with Gasteiger partial charge in [0, 0.05) is 23.3 Å². The summed E-state index contributed by atoms with van der Waals surface area (Å²) in [4.78, 5) is 20.9. The molecule has 31 heavy (non-hydrogen) atoms. The van der Waals surface area contributed by atoms with Crippen LogP contribution < -0.4 is 11.1 Å². The largest absolute Gasteiger partial charge is 0.397 e. The molecular formula is C21H20N6O3S. The van der Waals surface area contributed by atoms with Crippen LogP contribution in [0.4, 0.5) is 11.4 Å². The number of aromatic nitrogens is 4. The Morgan fingerprint density at radius 3 is 2.55 bits per heavy atom. The molecule has 0 saturated heterocycles. The van der Waals surface area contributed by atoms with Crippen molar-refractivity contribution in [3.05, 3.63) is 60.7 Å². The first kappa shape index (κ1) is 20.5. The fourth-order valence-electron chi connectivity index (χ4n) is 3.04. The summed E-state index contributed by atoms with van der Waals surface area (Å²) in [5, 5.41) is 9.68. The van der Waals surface area contributed by atoms with Crippen LogP contribution in [0.5, 0.6) is 0 Å². The zero-order valence-corrected chi connectivity index (χ0v) is 17.6. The number of sulfone groups is 1. The van der Waals surface area contributed by atoms with Gasteiger partial charge >= 0.3 is 0 Å². The Morgan fingerprint density at radius 1 is 1.06 bits per heavy atom. The Labute approximate surface area is 178 Å². The highest BCUT2D eigenvalue weighted by Crippen LogP contribution is 2.26. The zero-order valence-electron chi connectivity index (χ0n) is 16.8. The van der Waals surface area contributed by atoms with Crippen molar-refractivity contribution in [3.8, 4) is 11.1 Å². The van der Waals surface area contributed by atoms with Gasteiger partial charge in [0.15, 0.2) is 20.6 Å². The highest BCUT2D eigenvalue weighted by Gasteiger charge is 2.21. The molecule has 1 aromatic carbocycles. The molecule has 1 amide bonds. The molecule has 0 aliphatic heterocycles. The van der Waals surface area contributed by atoms with Gasteiger partial charge in [0.2, 0.25) is 0 Å². The molecule has 9 nitrogen and oxygen atoms in total. The highest BCUT2D eigenvalue weighted by molar-refractivity contribution is 7.91. The molecule has 0 unspecified atom stereocenters. The number of hydrogen-bond acceptors (Lipinski definition) is 7. The summed E-state index contributed by atoms with van der Waals surface area (Å²) in [5.74, 6) is -0.449. The lowest BCUT2D eigenvalue weighted by molar-refractivity contribution is 0.102. The average Bonchev–Trinajstić information content (AvgIpc) is 3.17. The number of aromatic amines is 1. The van der Waals surface area contributed by atoms with Gasteiger partial charge in [-0.3, -0.25) is 14.9 Å². The molecule has 0 fully saturated rings. The van der Waals surface area contributed by atoms with Gasteiger partial charge in [0.25, 0.3) is 5.91 Å². The fraction of sp³-hybridized carbons (Fsp3) is 0.143. The van der Waals surface area contributed by atoms with Gasteiger partial charge < -0.3 is 11.1 Å². The molecule has 0 aliphatic rings. The number of nitrogens with one attached hydrogen (secondary N) is 2. The van der Waals surface area contributed by atoms with Crippen molar-refractivity contribution >= 4 is 38.0 Å². The first-order chi connectivity index (χ1) is 14.8. The second-order valence-corrected chi connectivity index (χ2v) is 9.72. The highest BCUT2D eigenvalue weighted by atomic mass is 32.2. The maximum atomic E-state index is 12.8. The molecular weight excluding hydrogens is 416 g/mol. The van der Waals surface area contributed by atoms with E-state index in [4.69, 9.17) is 5.73 Å². The summed E-state index contributed by atoms with van der Waals surface area (Å²) in [6.45, 7) is 3.17. The van der Waals surface area contributed by atoms with E-state index in [1.54, 1.807) is 32.3 Å². The molecule has 3 aromatic heterocycles. The van der Waals surface area contributed by atoms with Crippen LogP contribution >= 0.6 is 0 Å². The van der Waals surface area contributed by atoms with Gasteiger partial charge in [-0.05, 0) is 49.7 Å². The van der Waals surface area contributed by atoms with E-state index in [2.05, 4.69) is 25.5 Å². The van der Waals surface area contributed by atoms with Crippen molar-refractivity contribution in [3.63, 3.8) is 0 Å². The van der Waals surface area contributed by atoms with Crippen LogP contribution in [0.15, 0.2) is 60.0 Å². The standard InChI is InChI=1S/C21H20N6O3S/c1-12(2)31(29,30)19-6-4-16(11-24-19)25-21(28)20-17-8-13(3-5-18(17)26-27-20)14-7-15(22)10-23-9-14/h3-12H,22H2,1-2H3,(H,25,28)(H,26,27). The molecule has 3 heterocycles. The number of amides is 1. The number of carbonyl (C=O) groups excluding carboxylic acids is 1. The number of nitrogens with zero attached hydrogens (tertiary/aromatic N) is 3. The predicted molar refractivity (Wildman–Crippen MR) is 118 cm³/mol. The Bertz CT molecular complexity index is 1380. The quantitative estimate of drug-likeness (QED) is 0.436. The number of rotatable bonds is 5. The first-order valence-corrected chi connectivity index (χ1v) is 11.0. The Kier molecular flexibility index (Phi) is 5.15. The van der Waals surface area contributed by atoms with Gasteiger partial charge in [0.1, 0.15) is 0 Å². The minimum absolute atomic E-state index is 0.0360. The molecule has 4 rings (SSSR count). The van der Waals surface area contributed by atoms with Crippen LogP contribution in [-0.2, 0) is 9.84 Å². The topological polar surface area (TPSA) is 144 Å². The van der Waals surface area contributed by atoms with Gasteiger partial charge in [-0.15, -0.1) is 0 Å². The second kappa shape index (κ2) is 7.80. The molecule has 0 saturated carbocycles. The van der Waals surface area contributed by atoms with Crippen LogP contribution in [0, 0.1) is 0 Å². The van der Waals surface area contributed by atoms with E-state index in [0.717, 1.165) is 11.1 Å². The van der Waals surface area contributed by atoms with Crippen molar-refractivity contribution in [1.29, 1.82) is 0 Å². The summed E-state index contributed by atoms with van der Waals surface area (Å²) in [7, 11) is -3.48. The minimum Gasteiger partial charge on any atom is -0.397 e. The second-order valence-electron chi connectivity index (χ2n) is 7.27. The van der Waals surface area contributed by atoms with Crippen molar-refractivity contribution < 1.29 is 13.2 Å². The van der Waals surface area contributed by atoms with Crippen molar-refractivity contribution in [2.45, 2.75) is 24.1 Å². The lowest BCUT2D eigenvalue weighted by Crippen LogP contribution is -2.16. The van der Waals surface area contributed by atoms with Crippen LogP contribution in [0.25, 0.3) is 22.0 Å². The van der Waals surface area contributed by atoms with E-state index in [-0.39, 0.29) is 10.7 Å². The smallest absolute Gasteiger partial charge is 0.276 e. The summed E-state index contributed by atoms with van der Waals surface area (Å²) in [6, 6.07) is 10.2. The molecule has 158 valence electrons. The predicted octanol–water partition coefficient (Wildman–Crippen LogP) is 3.04. The monoisotopic (exact) mass is 436 g/mol. The molecule has 10 heteroatoms. The molecule has 0 aliphatic carbocycles. The Balaban J connectivity index is 1.62. The maximum Gasteiger partial charge on any atom is 0.276 e. The number of benzene rings is 1. The number of hydrogen-bond donors (Lipinski definition) is 3. The number of anilines is 2. The lowest BCUT2D eigenvalue weighted by Gasteiger charge is -2.08. The van der Waals surface area contributed by atoms with E-state index in [9.17, 15) is 13.2 Å². The maximum absolute atomic E-state index is 12.8. The first-order valence-electron chi connectivity index (χ1n) is 9.46. The third kappa shape index (κ3) is 3.97. The van der Waals surface area contributed by atoms with Crippen molar-refractivity contribution in [2.75, 3.05) is 11.1 Å². The van der Waals surface area contributed by atoms with Crippen LogP contribution in [0.2, 0.25) is 0 Å². The number of carbonyl (C=O) groups is 1. The van der Waals surface area contributed by atoms with E-state index >= 15 is 0 Å². The Hall–Kier alpha value is -3.79. The van der Waals surface area contributed by atoms with E-state index in [0.29, 0.717) is 22.3 Å². The van der Waals surface area contributed by atoms with Crippen LogP contribution in [0.3, 0.4) is 0 Å². The summed E-state index contributed by atoms with van der Waals surface area (Å²) in [5.41, 5.74) is 9.28. The minimum atomic E-state index is -3.48. The SMILES string of the molecule is CC(C)S(=O)(=O)c1ccc(NC(=O)c2n[nH]c3ccc(-c4cncc(N)c4)cc23)cn1. The van der Waals surface area contributed by atoms with E-state index < -0.39 is 21.0 Å². The number of H-pyrrole nitrogens is 1. The lowest BCUT2D eigenvalue weighted by atomic mass is 10.0. The van der Waals surface area contributed by atoms with Crippen LogP contribution in [0.1, 0.15) is 24.3 Å². The molecule has 0 radical (unpaired) electrons. The summed E-state index contributed by atoms with van der Waals surface area (Å²) >= 11 is 0. The van der Waals surface area contributed by atoms with Crippen molar-refractivity contribution in [2.24, 2.45) is 0 Å². The normalized spacial score (nSPS) is 11.7. The van der Waals surface area contributed by atoms with E-state index in [1.807, 2.05) is 18.2 Å². The van der Waals surface area contributed by atoms with Gasteiger partial charge in [0.05, 0.1) is 28.3 Å². The number of nitrogens with two attached hydrogens (primary N) is 1.